The van der Waals surface area contributed by atoms with Crippen LogP contribution in [0.5, 0.6) is 0 Å². The van der Waals surface area contributed by atoms with E-state index in [9.17, 15) is 4.39 Å². The summed E-state index contributed by atoms with van der Waals surface area (Å²) < 4.78 is 12.7. The van der Waals surface area contributed by atoms with E-state index in [4.69, 9.17) is 11.0 Å². The normalized spacial score (nSPS) is 9.88. The van der Waals surface area contributed by atoms with Gasteiger partial charge >= 0.3 is 0 Å². The topological polar surface area (TPSA) is 49.8 Å². The number of nitriles is 1. The monoisotopic (exact) mass is 244 g/mol. The van der Waals surface area contributed by atoms with Gasteiger partial charge in [0.15, 0.2) is 0 Å². The first-order chi connectivity index (χ1) is 8.19. The first-order valence-electron chi connectivity index (χ1n) is 4.92. The van der Waals surface area contributed by atoms with E-state index in [0.29, 0.717) is 11.3 Å². The molecule has 84 valence electrons. The Morgan fingerprint density at radius 2 is 1.82 bits per heavy atom. The third kappa shape index (κ3) is 2.77. The van der Waals surface area contributed by atoms with Gasteiger partial charge in [-0.1, -0.05) is 11.8 Å². The molecule has 0 saturated heterocycles. The van der Waals surface area contributed by atoms with Crippen LogP contribution in [0.3, 0.4) is 0 Å². The molecular formula is C13H9FN2S. The van der Waals surface area contributed by atoms with Crippen LogP contribution in [0.15, 0.2) is 52.3 Å². The lowest BCUT2D eigenvalue weighted by Crippen LogP contribution is -1.89. The van der Waals surface area contributed by atoms with Crippen molar-refractivity contribution in [1.82, 2.24) is 0 Å². The molecule has 4 heteroatoms. The van der Waals surface area contributed by atoms with Gasteiger partial charge in [-0.2, -0.15) is 5.26 Å². The van der Waals surface area contributed by atoms with Gasteiger partial charge in [0, 0.05) is 15.5 Å². The standard InChI is InChI=1S/C13H9FN2S/c14-10-2-4-11(5-3-10)17-13-6-1-9(8-15)7-12(13)16/h1-7H,16H2. The molecule has 2 aromatic carbocycles. The quantitative estimate of drug-likeness (QED) is 0.823. The molecule has 0 amide bonds. The van der Waals surface area contributed by atoms with E-state index in [1.807, 2.05) is 6.07 Å². The minimum atomic E-state index is -0.262. The van der Waals surface area contributed by atoms with E-state index in [-0.39, 0.29) is 5.82 Å². The fourth-order valence-electron chi connectivity index (χ4n) is 1.34. The van der Waals surface area contributed by atoms with Crippen LogP contribution < -0.4 is 5.73 Å². The van der Waals surface area contributed by atoms with Gasteiger partial charge in [0.25, 0.3) is 0 Å². The van der Waals surface area contributed by atoms with E-state index in [0.717, 1.165) is 9.79 Å². The fraction of sp³-hybridized carbons (Fsp3) is 0. The molecule has 17 heavy (non-hydrogen) atoms. The average Bonchev–Trinajstić information content (AvgIpc) is 2.34. The Morgan fingerprint density at radius 3 is 2.41 bits per heavy atom. The Bertz CT molecular complexity index is 573. The average molecular weight is 244 g/mol. The zero-order valence-electron chi connectivity index (χ0n) is 8.85. The number of hydrogen-bond donors (Lipinski definition) is 1. The second-order valence-corrected chi connectivity index (χ2v) is 4.54. The molecule has 0 aliphatic carbocycles. The summed E-state index contributed by atoms with van der Waals surface area (Å²) in [6, 6.07) is 13.4. The van der Waals surface area contributed by atoms with Crippen LogP contribution in [-0.2, 0) is 0 Å². The van der Waals surface area contributed by atoms with Crippen molar-refractivity contribution in [3.8, 4) is 6.07 Å². The fourth-order valence-corrected chi connectivity index (χ4v) is 2.18. The molecule has 2 N–H and O–H groups in total. The molecule has 0 radical (unpaired) electrons. The van der Waals surface area contributed by atoms with Crippen molar-refractivity contribution in [2.75, 3.05) is 5.73 Å². The molecule has 0 spiro atoms. The molecule has 0 atom stereocenters. The first-order valence-corrected chi connectivity index (χ1v) is 5.74. The largest absolute Gasteiger partial charge is 0.398 e. The molecule has 0 unspecified atom stereocenters. The highest BCUT2D eigenvalue weighted by molar-refractivity contribution is 7.99. The summed E-state index contributed by atoms with van der Waals surface area (Å²) in [4.78, 5) is 1.76. The Kier molecular flexibility index (Phi) is 3.31. The molecule has 0 aliphatic heterocycles. The number of benzene rings is 2. The minimum Gasteiger partial charge on any atom is -0.398 e. The molecule has 0 aromatic heterocycles. The Hall–Kier alpha value is -1.99. The van der Waals surface area contributed by atoms with Crippen molar-refractivity contribution in [2.24, 2.45) is 0 Å². The second kappa shape index (κ2) is 4.89. The molecule has 0 saturated carbocycles. The van der Waals surface area contributed by atoms with Gasteiger partial charge in [0.1, 0.15) is 5.82 Å². The molecule has 0 heterocycles. The van der Waals surface area contributed by atoms with Crippen LogP contribution in [0.4, 0.5) is 10.1 Å². The number of hydrogen-bond acceptors (Lipinski definition) is 3. The number of nitrogen functional groups attached to an aromatic ring is 1. The van der Waals surface area contributed by atoms with E-state index in [1.165, 1.54) is 23.9 Å². The SMILES string of the molecule is N#Cc1ccc(Sc2ccc(F)cc2)c(N)c1. The van der Waals surface area contributed by atoms with Crippen LogP contribution in [0.2, 0.25) is 0 Å². The maximum Gasteiger partial charge on any atom is 0.123 e. The highest BCUT2D eigenvalue weighted by atomic mass is 32.2. The van der Waals surface area contributed by atoms with Gasteiger partial charge in [-0.25, -0.2) is 4.39 Å². The summed E-state index contributed by atoms with van der Waals surface area (Å²) in [5, 5.41) is 8.72. The van der Waals surface area contributed by atoms with Crippen LogP contribution in [-0.4, -0.2) is 0 Å². The summed E-state index contributed by atoms with van der Waals surface area (Å²) in [7, 11) is 0. The number of nitrogens with zero attached hydrogens (tertiary/aromatic N) is 1. The maximum absolute atomic E-state index is 12.7. The predicted octanol–water partition coefficient (Wildman–Crippen LogP) is 3.43. The highest BCUT2D eigenvalue weighted by Crippen LogP contribution is 2.32. The molecule has 0 bridgehead atoms. The summed E-state index contributed by atoms with van der Waals surface area (Å²) in [6.07, 6.45) is 0. The summed E-state index contributed by atoms with van der Waals surface area (Å²) in [5.41, 5.74) is 6.92. The summed E-state index contributed by atoms with van der Waals surface area (Å²) >= 11 is 1.44. The van der Waals surface area contributed by atoms with Crippen LogP contribution >= 0.6 is 11.8 Å². The Labute approximate surface area is 103 Å². The van der Waals surface area contributed by atoms with E-state index >= 15 is 0 Å². The third-order valence-corrected chi connectivity index (χ3v) is 3.28. The van der Waals surface area contributed by atoms with Crippen LogP contribution in [0.1, 0.15) is 5.56 Å². The van der Waals surface area contributed by atoms with Crippen molar-refractivity contribution >= 4 is 17.4 Å². The van der Waals surface area contributed by atoms with Gasteiger partial charge in [0.2, 0.25) is 0 Å². The molecule has 0 aliphatic rings. The number of halogens is 1. The zero-order chi connectivity index (χ0) is 12.3. The number of anilines is 1. The van der Waals surface area contributed by atoms with Gasteiger partial charge in [-0.15, -0.1) is 0 Å². The van der Waals surface area contributed by atoms with Crippen molar-refractivity contribution < 1.29 is 4.39 Å². The molecule has 2 aromatic rings. The van der Waals surface area contributed by atoms with Gasteiger partial charge < -0.3 is 5.73 Å². The lowest BCUT2D eigenvalue weighted by Gasteiger charge is -2.05. The lowest BCUT2D eigenvalue weighted by atomic mass is 10.2. The molecular weight excluding hydrogens is 235 g/mol. The third-order valence-electron chi connectivity index (χ3n) is 2.18. The second-order valence-electron chi connectivity index (χ2n) is 3.42. The number of nitrogens with two attached hydrogens (primary N) is 1. The zero-order valence-corrected chi connectivity index (χ0v) is 9.67. The molecule has 2 nitrogen and oxygen atoms in total. The van der Waals surface area contributed by atoms with Crippen LogP contribution in [0, 0.1) is 17.1 Å². The van der Waals surface area contributed by atoms with Gasteiger partial charge in [0.05, 0.1) is 11.6 Å². The van der Waals surface area contributed by atoms with Crippen LogP contribution in [0.25, 0.3) is 0 Å². The number of rotatable bonds is 2. The van der Waals surface area contributed by atoms with Gasteiger partial charge in [-0.05, 0) is 42.5 Å². The minimum absolute atomic E-state index is 0.262. The van der Waals surface area contributed by atoms with Crippen molar-refractivity contribution in [3.63, 3.8) is 0 Å². The smallest absolute Gasteiger partial charge is 0.123 e. The van der Waals surface area contributed by atoms with E-state index < -0.39 is 0 Å². The predicted molar refractivity (Wildman–Crippen MR) is 66.1 cm³/mol. The maximum atomic E-state index is 12.7. The first kappa shape index (κ1) is 11.5. The lowest BCUT2D eigenvalue weighted by molar-refractivity contribution is 0.626. The van der Waals surface area contributed by atoms with E-state index in [2.05, 4.69) is 0 Å². The Morgan fingerprint density at radius 1 is 1.12 bits per heavy atom. The molecule has 2 rings (SSSR count). The summed E-state index contributed by atoms with van der Waals surface area (Å²) in [6.45, 7) is 0. The molecule has 0 fully saturated rings. The van der Waals surface area contributed by atoms with Crippen molar-refractivity contribution in [2.45, 2.75) is 9.79 Å². The van der Waals surface area contributed by atoms with E-state index in [1.54, 1.807) is 30.3 Å². The van der Waals surface area contributed by atoms with Crippen molar-refractivity contribution in [1.29, 1.82) is 5.26 Å². The summed E-state index contributed by atoms with van der Waals surface area (Å²) in [5.74, 6) is -0.262. The highest BCUT2D eigenvalue weighted by Gasteiger charge is 2.03. The van der Waals surface area contributed by atoms with Gasteiger partial charge in [-0.3, -0.25) is 0 Å². The Balaban J connectivity index is 2.25. The van der Waals surface area contributed by atoms with Crippen molar-refractivity contribution in [3.05, 3.63) is 53.8 Å².